The third-order valence-corrected chi connectivity index (χ3v) is 5.21. The predicted molar refractivity (Wildman–Crippen MR) is 103 cm³/mol. The van der Waals surface area contributed by atoms with E-state index in [2.05, 4.69) is 15.5 Å². The number of nitrogens with zero attached hydrogens (tertiary/aromatic N) is 4. The van der Waals surface area contributed by atoms with Crippen molar-refractivity contribution in [3.63, 3.8) is 0 Å². The van der Waals surface area contributed by atoms with Gasteiger partial charge in [-0.25, -0.2) is 9.07 Å². The Hall–Kier alpha value is -2.74. The summed E-state index contributed by atoms with van der Waals surface area (Å²) in [6, 6.07) is 3.89. The molecule has 1 fully saturated rings. The molecule has 7 nitrogen and oxygen atoms in total. The maximum atomic E-state index is 13.2. The number of carbonyl (C=O) groups excluding carboxylic acids is 1. The first-order valence-electron chi connectivity index (χ1n) is 9.04. The van der Waals surface area contributed by atoms with Crippen LogP contribution in [-0.4, -0.2) is 25.5 Å². The summed E-state index contributed by atoms with van der Waals surface area (Å²) >= 11 is 6.04. The van der Waals surface area contributed by atoms with Gasteiger partial charge in [0.1, 0.15) is 12.4 Å². The van der Waals surface area contributed by atoms with Crippen LogP contribution in [0.4, 0.5) is 4.39 Å². The Morgan fingerprint density at radius 1 is 1.43 bits per heavy atom. The van der Waals surface area contributed by atoms with Gasteiger partial charge in [0.15, 0.2) is 0 Å². The first kappa shape index (κ1) is 18.6. The van der Waals surface area contributed by atoms with Gasteiger partial charge in [-0.2, -0.15) is 10.2 Å². The van der Waals surface area contributed by atoms with Crippen LogP contribution in [0.3, 0.4) is 0 Å². The number of aromatic nitrogens is 4. The molecule has 4 rings (SSSR count). The Labute approximate surface area is 165 Å². The van der Waals surface area contributed by atoms with Crippen LogP contribution >= 0.6 is 11.6 Å². The van der Waals surface area contributed by atoms with E-state index in [1.165, 1.54) is 18.2 Å². The van der Waals surface area contributed by atoms with E-state index in [-0.39, 0.29) is 17.1 Å². The van der Waals surface area contributed by atoms with Crippen LogP contribution in [0.1, 0.15) is 43.1 Å². The number of nitrogens with one attached hydrogen (secondary N) is 1. The summed E-state index contributed by atoms with van der Waals surface area (Å²) < 4.78 is 16.2. The molecule has 28 heavy (non-hydrogen) atoms. The molecule has 0 unspecified atom stereocenters. The zero-order chi connectivity index (χ0) is 20.0. The van der Waals surface area contributed by atoms with Crippen LogP contribution in [0.5, 0.6) is 0 Å². The lowest BCUT2D eigenvalue weighted by Gasteiger charge is -2.16. The van der Waals surface area contributed by atoms with Gasteiger partial charge >= 0.3 is 0 Å². The summed E-state index contributed by atoms with van der Waals surface area (Å²) in [5.41, 5.74) is 1.58. The molecular weight excluding hydrogens is 385 g/mol. The van der Waals surface area contributed by atoms with Gasteiger partial charge in [0, 0.05) is 5.02 Å². The van der Waals surface area contributed by atoms with E-state index in [1.807, 2.05) is 4.68 Å². The third kappa shape index (κ3) is 3.40. The zero-order valence-electron chi connectivity index (χ0n) is 15.4. The number of carbonyl (C=O) groups is 1. The molecular formula is C19H19ClFN5O2. The van der Waals surface area contributed by atoms with Crippen molar-refractivity contribution in [1.82, 2.24) is 24.9 Å². The van der Waals surface area contributed by atoms with Gasteiger partial charge in [-0.15, -0.1) is 0 Å². The molecule has 0 radical (unpaired) electrons. The molecule has 1 amide bonds. The summed E-state index contributed by atoms with van der Waals surface area (Å²) in [6.07, 6.45) is 3.68. The minimum absolute atomic E-state index is 0.229. The first-order chi connectivity index (χ1) is 13.3. The van der Waals surface area contributed by atoms with Gasteiger partial charge in [-0.3, -0.25) is 14.3 Å². The average Bonchev–Trinajstić information content (AvgIpc) is 3.41. The average molecular weight is 404 g/mol. The number of benzene rings is 1. The number of hydrogen-bond acceptors (Lipinski definition) is 4. The van der Waals surface area contributed by atoms with Crippen molar-refractivity contribution >= 4 is 28.4 Å². The van der Waals surface area contributed by atoms with Crippen LogP contribution in [0.25, 0.3) is 10.9 Å². The Kier molecular flexibility index (Phi) is 4.66. The highest BCUT2D eigenvalue weighted by Gasteiger charge is 2.28. The van der Waals surface area contributed by atoms with E-state index in [4.69, 9.17) is 11.6 Å². The molecule has 2 aromatic heterocycles. The molecule has 1 aliphatic carbocycles. The van der Waals surface area contributed by atoms with Gasteiger partial charge in [0.25, 0.3) is 5.56 Å². The Morgan fingerprint density at radius 3 is 2.86 bits per heavy atom. The van der Waals surface area contributed by atoms with E-state index in [0.717, 1.165) is 17.5 Å². The molecule has 0 bridgehead atoms. The molecule has 0 saturated heterocycles. The van der Waals surface area contributed by atoms with E-state index >= 15 is 0 Å². The Balaban J connectivity index is 1.54. The lowest BCUT2D eigenvalue weighted by atomic mass is 10.1. The summed E-state index contributed by atoms with van der Waals surface area (Å²) in [5, 5.41) is 12.1. The third-order valence-electron chi connectivity index (χ3n) is 4.88. The fourth-order valence-corrected chi connectivity index (χ4v) is 3.65. The second-order valence-corrected chi connectivity index (χ2v) is 7.49. The van der Waals surface area contributed by atoms with Crippen molar-refractivity contribution in [2.45, 2.75) is 45.3 Å². The molecule has 146 valence electrons. The number of fused-ring (bicyclic) bond motifs is 1. The highest BCUT2D eigenvalue weighted by molar-refractivity contribution is 6.31. The molecule has 0 spiro atoms. The molecule has 1 aromatic carbocycles. The summed E-state index contributed by atoms with van der Waals surface area (Å²) in [5.74, 6) is -0.840. The number of rotatable bonds is 5. The normalized spacial score (nSPS) is 15.0. The summed E-state index contributed by atoms with van der Waals surface area (Å²) in [6.45, 7) is 3.29. The Bertz CT molecular complexity index is 1140. The Morgan fingerprint density at radius 2 is 2.18 bits per heavy atom. The molecule has 9 heteroatoms. The number of aryl methyl sites for hydroxylation is 1. The largest absolute Gasteiger partial charge is 0.348 e. The maximum absolute atomic E-state index is 13.2. The van der Waals surface area contributed by atoms with Gasteiger partial charge in [0.2, 0.25) is 5.91 Å². The maximum Gasteiger partial charge on any atom is 0.278 e. The van der Waals surface area contributed by atoms with Gasteiger partial charge < -0.3 is 5.32 Å². The van der Waals surface area contributed by atoms with Gasteiger partial charge in [-0.1, -0.05) is 17.7 Å². The molecule has 1 saturated carbocycles. The van der Waals surface area contributed by atoms with Gasteiger partial charge in [0.05, 0.1) is 34.9 Å². The number of halogens is 2. The van der Waals surface area contributed by atoms with Crippen LogP contribution in [-0.2, 0) is 11.3 Å². The smallest absolute Gasteiger partial charge is 0.278 e. The van der Waals surface area contributed by atoms with Crippen LogP contribution in [0.15, 0.2) is 29.2 Å². The first-order valence-corrected chi connectivity index (χ1v) is 9.42. The number of amides is 1. The van der Waals surface area contributed by atoms with Crippen molar-refractivity contribution in [2.24, 2.45) is 0 Å². The molecule has 1 atom stereocenters. The number of hydrogen-bond donors (Lipinski definition) is 1. The van der Waals surface area contributed by atoms with Crippen molar-refractivity contribution in [3.8, 4) is 0 Å². The van der Waals surface area contributed by atoms with E-state index in [0.29, 0.717) is 28.2 Å². The van der Waals surface area contributed by atoms with E-state index in [1.54, 1.807) is 20.0 Å². The van der Waals surface area contributed by atoms with Crippen LogP contribution in [0.2, 0.25) is 5.02 Å². The topological polar surface area (TPSA) is 81.8 Å². The van der Waals surface area contributed by atoms with Crippen LogP contribution in [0, 0.1) is 12.7 Å². The standard InChI is InChI=1S/C19H19ClFN5O2/c1-10(14-6-3-12(21)7-15(14)20)23-17(27)9-25-19(28)18-11(2)24-26(13-4-5-13)16(18)8-22-25/h3,6-8,10,13H,4-5,9H2,1-2H3,(H,23,27)/t10-/m0/s1. The molecule has 1 aliphatic rings. The second kappa shape index (κ2) is 7.01. The van der Waals surface area contributed by atoms with E-state index < -0.39 is 17.8 Å². The van der Waals surface area contributed by atoms with Crippen molar-refractivity contribution < 1.29 is 9.18 Å². The van der Waals surface area contributed by atoms with E-state index in [9.17, 15) is 14.0 Å². The second-order valence-electron chi connectivity index (χ2n) is 7.08. The monoisotopic (exact) mass is 403 g/mol. The zero-order valence-corrected chi connectivity index (χ0v) is 16.2. The minimum Gasteiger partial charge on any atom is -0.348 e. The molecule has 3 aromatic rings. The summed E-state index contributed by atoms with van der Waals surface area (Å²) in [7, 11) is 0. The van der Waals surface area contributed by atoms with Gasteiger partial charge in [-0.05, 0) is 44.4 Å². The van der Waals surface area contributed by atoms with Crippen molar-refractivity contribution in [1.29, 1.82) is 0 Å². The molecule has 2 heterocycles. The quantitative estimate of drug-likeness (QED) is 0.710. The highest BCUT2D eigenvalue weighted by Crippen LogP contribution is 2.36. The van der Waals surface area contributed by atoms with Crippen LogP contribution < -0.4 is 10.9 Å². The molecule has 1 N–H and O–H groups in total. The fourth-order valence-electron chi connectivity index (χ4n) is 3.32. The SMILES string of the molecule is Cc1nn(C2CC2)c2cnn(CC(=O)N[C@@H](C)c3ccc(F)cc3Cl)c(=O)c12. The molecule has 0 aliphatic heterocycles. The van der Waals surface area contributed by atoms with Crippen molar-refractivity contribution in [2.75, 3.05) is 0 Å². The highest BCUT2D eigenvalue weighted by atomic mass is 35.5. The lowest BCUT2D eigenvalue weighted by Crippen LogP contribution is -2.35. The minimum atomic E-state index is -0.446. The predicted octanol–water partition coefficient (Wildman–Crippen LogP) is 2.91. The van der Waals surface area contributed by atoms with Crippen molar-refractivity contribution in [3.05, 3.63) is 56.8 Å². The fraction of sp³-hybridized carbons (Fsp3) is 0.368. The lowest BCUT2D eigenvalue weighted by molar-refractivity contribution is -0.122. The summed E-state index contributed by atoms with van der Waals surface area (Å²) in [4.78, 5) is 25.2.